The molecular weight excluding hydrogens is 335 g/mol. The molecule has 0 heterocycles. The number of rotatable bonds is 7. The number of unbranched alkanes of at least 4 members (excludes halogenated alkanes) is 1. The minimum atomic E-state index is -3.86. The van der Waals surface area contributed by atoms with E-state index < -0.39 is 10.0 Å². The molecule has 0 aliphatic heterocycles. The van der Waals surface area contributed by atoms with E-state index in [4.69, 9.17) is 23.2 Å². The summed E-state index contributed by atoms with van der Waals surface area (Å²) in [5, 5.41) is 2.99. The Kier molecular flexibility index (Phi) is 6.93. The number of amides is 1. The van der Waals surface area contributed by atoms with Crippen LogP contribution in [0.4, 0.5) is 0 Å². The minimum Gasteiger partial charge on any atom is -0.355 e. The second kappa shape index (κ2) is 7.98. The van der Waals surface area contributed by atoms with E-state index in [9.17, 15) is 13.2 Å². The predicted octanol–water partition coefficient (Wildman–Crippen LogP) is 2.53. The van der Waals surface area contributed by atoms with Crippen LogP contribution in [-0.2, 0) is 14.8 Å². The van der Waals surface area contributed by atoms with Crippen LogP contribution in [-0.4, -0.2) is 38.8 Å². The van der Waals surface area contributed by atoms with E-state index in [0.717, 1.165) is 17.1 Å². The number of benzene rings is 1. The van der Waals surface area contributed by atoms with Crippen LogP contribution in [0.5, 0.6) is 0 Å². The fraction of sp³-hybridized carbons (Fsp3) is 0.462. The molecular formula is C13H18Cl2N2O3S. The molecule has 5 nitrogen and oxygen atoms in total. The molecule has 118 valence electrons. The number of halogens is 2. The van der Waals surface area contributed by atoms with Gasteiger partial charge in [-0.2, -0.15) is 4.31 Å². The molecule has 0 fully saturated rings. The predicted molar refractivity (Wildman–Crippen MR) is 84.2 cm³/mol. The lowest BCUT2D eigenvalue weighted by molar-refractivity contribution is -0.121. The van der Waals surface area contributed by atoms with Gasteiger partial charge in [0.05, 0.1) is 11.6 Å². The highest BCUT2D eigenvalue weighted by atomic mass is 35.5. The Morgan fingerprint density at radius 1 is 1.33 bits per heavy atom. The second-order valence-electron chi connectivity index (χ2n) is 4.54. The Morgan fingerprint density at radius 3 is 2.62 bits per heavy atom. The van der Waals surface area contributed by atoms with E-state index in [0.29, 0.717) is 6.54 Å². The van der Waals surface area contributed by atoms with Crippen LogP contribution in [0.2, 0.25) is 10.0 Å². The molecule has 0 aliphatic rings. The lowest BCUT2D eigenvalue weighted by Crippen LogP contribution is -2.38. The first-order valence-electron chi connectivity index (χ1n) is 6.47. The lowest BCUT2D eigenvalue weighted by atomic mass is 10.3. The first-order chi connectivity index (χ1) is 9.78. The van der Waals surface area contributed by atoms with E-state index in [2.05, 4.69) is 5.32 Å². The highest BCUT2D eigenvalue weighted by molar-refractivity contribution is 7.89. The minimum absolute atomic E-state index is 0.0673. The summed E-state index contributed by atoms with van der Waals surface area (Å²) in [4.78, 5) is 11.6. The van der Waals surface area contributed by atoms with Crippen LogP contribution in [0.25, 0.3) is 0 Å². The van der Waals surface area contributed by atoms with Gasteiger partial charge in [0.2, 0.25) is 15.9 Å². The molecule has 0 unspecified atom stereocenters. The van der Waals surface area contributed by atoms with Crippen LogP contribution in [0.3, 0.4) is 0 Å². The lowest BCUT2D eigenvalue weighted by Gasteiger charge is -2.17. The van der Waals surface area contributed by atoms with E-state index >= 15 is 0 Å². The van der Waals surface area contributed by atoms with Crippen molar-refractivity contribution >= 4 is 39.1 Å². The number of nitrogens with one attached hydrogen (secondary N) is 1. The van der Waals surface area contributed by atoms with Gasteiger partial charge in [-0.15, -0.1) is 0 Å². The van der Waals surface area contributed by atoms with Crippen LogP contribution < -0.4 is 5.32 Å². The van der Waals surface area contributed by atoms with Gasteiger partial charge in [-0.25, -0.2) is 8.42 Å². The van der Waals surface area contributed by atoms with E-state index in [1.807, 2.05) is 6.92 Å². The zero-order chi connectivity index (χ0) is 16.0. The highest BCUT2D eigenvalue weighted by Crippen LogP contribution is 2.26. The van der Waals surface area contributed by atoms with E-state index in [1.165, 1.54) is 25.2 Å². The Balaban J connectivity index is 2.82. The summed E-state index contributed by atoms with van der Waals surface area (Å²) in [7, 11) is -2.54. The maximum Gasteiger partial charge on any atom is 0.244 e. The van der Waals surface area contributed by atoms with Crippen LogP contribution in [0.1, 0.15) is 19.8 Å². The van der Waals surface area contributed by atoms with E-state index in [1.54, 1.807) is 0 Å². The first-order valence-corrected chi connectivity index (χ1v) is 8.66. The third-order valence-electron chi connectivity index (χ3n) is 2.80. The van der Waals surface area contributed by atoms with Gasteiger partial charge in [0, 0.05) is 18.6 Å². The molecule has 0 aliphatic carbocycles. The summed E-state index contributed by atoms with van der Waals surface area (Å²) in [5.74, 6) is -0.354. The largest absolute Gasteiger partial charge is 0.355 e. The van der Waals surface area contributed by atoms with Gasteiger partial charge in [0.1, 0.15) is 4.90 Å². The normalized spacial score (nSPS) is 11.7. The number of hydrogen-bond acceptors (Lipinski definition) is 3. The molecule has 0 spiro atoms. The maximum absolute atomic E-state index is 12.4. The van der Waals surface area contributed by atoms with Crippen molar-refractivity contribution in [2.45, 2.75) is 24.7 Å². The standard InChI is InChI=1S/C13H18Cl2N2O3S/c1-3-4-7-16-13(18)9-17(2)21(19,20)12-8-10(14)5-6-11(12)15/h5-6,8H,3-4,7,9H2,1-2H3,(H,16,18). The number of carbonyl (C=O) groups is 1. The topological polar surface area (TPSA) is 66.5 Å². The van der Waals surface area contributed by atoms with Crippen LogP contribution in [0, 0.1) is 0 Å². The Morgan fingerprint density at radius 2 is 2.00 bits per heavy atom. The number of carbonyl (C=O) groups excluding carboxylic acids is 1. The van der Waals surface area contributed by atoms with Gasteiger partial charge in [0.25, 0.3) is 0 Å². The SMILES string of the molecule is CCCCNC(=O)CN(C)S(=O)(=O)c1cc(Cl)ccc1Cl. The second-order valence-corrected chi connectivity index (χ2v) is 7.40. The number of likely N-dealkylation sites (N-methyl/N-ethyl adjacent to an activating group) is 1. The molecule has 1 N–H and O–H groups in total. The zero-order valence-corrected chi connectivity index (χ0v) is 14.2. The van der Waals surface area contributed by atoms with Crippen molar-refractivity contribution in [3.8, 4) is 0 Å². The third-order valence-corrected chi connectivity index (χ3v) is 5.32. The fourth-order valence-corrected chi connectivity index (χ4v) is 3.45. The molecule has 0 saturated heterocycles. The van der Waals surface area contributed by atoms with Crippen LogP contribution >= 0.6 is 23.2 Å². The quantitative estimate of drug-likeness (QED) is 0.766. The monoisotopic (exact) mass is 352 g/mol. The average Bonchev–Trinajstić information content (AvgIpc) is 2.41. The number of nitrogens with zero attached hydrogens (tertiary/aromatic N) is 1. The van der Waals surface area contributed by atoms with Crippen molar-refractivity contribution in [3.05, 3.63) is 28.2 Å². The molecule has 21 heavy (non-hydrogen) atoms. The highest BCUT2D eigenvalue weighted by Gasteiger charge is 2.25. The molecule has 8 heteroatoms. The van der Waals surface area contributed by atoms with Gasteiger partial charge < -0.3 is 5.32 Å². The fourth-order valence-electron chi connectivity index (χ4n) is 1.59. The van der Waals surface area contributed by atoms with Crippen molar-refractivity contribution in [2.75, 3.05) is 20.1 Å². The molecule has 1 rings (SSSR count). The third kappa shape index (κ3) is 5.14. The van der Waals surface area contributed by atoms with Crippen molar-refractivity contribution in [2.24, 2.45) is 0 Å². The molecule has 0 aromatic heterocycles. The van der Waals surface area contributed by atoms with Crippen LogP contribution in [0.15, 0.2) is 23.1 Å². The summed E-state index contributed by atoms with van der Waals surface area (Å²) < 4.78 is 25.7. The van der Waals surface area contributed by atoms with Gasteiger partial charge in [0.15, 0.2) is 0 Å². The summed E-state index contributed by atoms with van der Waals surface area (Å²) in [6, 6.07) is 4.18. The zero-order valence-electron chi connectivity index (χ0n) is 11.9. The number of hydrogen-bond donors (Lipinski definition) is 1. The average molecular weight is 353 g/mol. The number of sulfonamides is 1. The van der Waals surface area contributed by atoms with Crippen molar-refractivity contribution < 1.29 is 13.2 Å². The van der Waals surface area contributed by atoms with Gasteiger partial charge in [-0.3, -0.25) is 4.79 Å². The van der Waals surface area contributed by atoms with Crippen molar-refractivity contribution in [1.82, 2.24) is 9.62 Å². The summed E-state index contributed by atoms with van der Waals surface area (Å²) >= 11 is 11.7. The van der Waals surface area contributed by atoms with E-state index in [-0.39, 0.29) is 27.4 Å². The van der Waals surface area contributed by atoms with Crippen molar-refractivity contribution in [1.29, 1.82) is 0 Å². The smallest absolute Gasteiger partial charge is 0.244 e. The molecule has 1 aromatic carbocycles. The van der Waals surface area contributed by atoms with Gasteiger partial charge >= 0.3 is 0 Å². The molecule has 1 amide bonds. The molecule has 1 aromatic rings. The molecule has 0 bridgehead atoms. The summed E-state index contributed by atoms with van der Waals surface area (Å²) in [6.45, 7) is 2.26. The Bertz CT molecular complexity index is 605. The Hall–Kier alpha value is -0.820. The van der Waals surface area contributed by atoms with Gasteiger partial charge in [-0.1, -0.05) is 36.5 Å². The maximum atomic E-state index is 12.4. The first kappa shape index (κ1) is 18.2. The van der Waals surface area contributed by atoms with Gasteiger partial charge in [-0.05, 0) is 24.6 Å². The molecule has 0 radical (unpaired) electrons. The van der Waals surface area contributed by atoms with Crippen molar-refractivity contribution in [3.63, 3.8) is 0 Å². The molecule has 0 saturated carbocycles. The molecule has 0 atom stereocenters. The Labute approximate surface area is 135 Å². The summed E-state index contributed by atoms with van der Waals surface area (Å²) in [5.41, 5.74) is 0. The summed E-state index contributed by atoms with van der Waals surface area (Å²) in [6.07, 6.45) is 1.80.